The standard InChI is InChI=1S/C13H18N2OS/c1-8(2)6-11(16-3)12-9(14)7-15-10-4-5-17-13(10)12/h4-5,7-8,11H,6,14H2,1-3H3. The quantitative estimate of drug-likeness (QED) is 0.901. The van der Waals surface area contributed by atoms with Gasteiger partial charge in [-0.05, 0) is 23.8 Å². The Balaban J connectivity index is 2.50. The van der Waals surface area contributed by atoms with Gasteiger partial charge in [-0.1, -0.05) is 13.8 Å². The maximum absolute atomic E-state index is 6.06. The van der Waals surface area contributed by atoms with Crippen LogP contribution in [-0.2, 0) is 4.74 Å². The van der Waals surface area contributed by atoms with Gasteiger partial charge in [0.25, 0.3) is 0 Å². The molecule has 4 heteroatoms. The van der Waals surface area contributed by atoms with Gasteiger partial charge in [0.1, 0.15) is 0 Å². The Kier molecular flexibility index (Phi) is 3.64. The normalized spacial score (nSPS) is 13.4. The molecule has 1 unspecified atom stereocenters. The first kappa shape index (κ1) is 12.3. The number of fused-ring (bicyclic) bond motifs is 1. The smallest absolute Gasteiger partial charge is 0.0858 e. The summed E-state index contributed by atoms with van der Waals surface area (Å²) < 4.78 is 6.75. The molecule has 3 nitrogen and oxygen atoms in total. The molecule has 0 aliphatic heterocycles. The average molecular weight is 250 g/mol. The minimum atomic E-state index is 0.0548. The Hall–Kier alpha value is -1.13. The zero-order valence-corrected chi connectivity index (χ0v) is 11.3. The monoisotopic (exact) mass is 250 g/mol. The second kappa shape index (κ2) is 5.02. The number of thiophene rings is 1. The molecule has 0 fully saturated rings. The van der Waals surface area contributed by atoms with Crippen molar-refractivity contribution in [3.05, 3.63) is 23.2 Å². The maximum atomic E-state index is 6.06. The second-order valence-corrected chi connectivity index (χ2v) is 5.53. The SMILES string of the molecule is COC(CC(C)C)c1c(N)cnc2ccsc12. The predicted molar refractivity (Wildman–Crippen MR) is 73.2 cm³/mol. The molecule has 17 heavy (non-hydrogen) atoms. The lowest BCUT2D eigenvalue weighted by Gasteiger charge is -2.20. The van der Waals surface area contributed by atoms with Crippen LogP contribution in [0.3, 0.4) is 0 Å². The molecule has 0 saturated heterocycles. The third-order valence-corrected chi connectivity index (χ3v) is 3.77. The number of ether oxygens (including phenoxy) is 1. The molecule has 0 saturated carbocycles. The van der Waals surface area contributed by atoms with E-state index in [0.29, 0.717) is 5.92 Å². The Bertz CT molecular complexity index is 507. The van der Waals surface area contributed by atoms with Crippen LogP contribution >= 0.6 is 11.3 Å². The highest BCUT2D eigenvalue weighted by Crippen LogP contribution is 2.36. The highest BCUT2D eigenvalue weighted by molar-refractivity contribution is 7.17. The number of nitrogens with zero attached hydrogens (tertiary/aromatic N) is 1. The first-order valence-electron chi connectivity index (χ1n) is 5.77. The van der Waals surface area contributed by atoms with Crippen molar-refractivity contribution in [2.24, 2.45) is 5.92 Å². The minimum absolute atomic E-state index is 0.0548. The zero-order chi connectivity index (χ0) is 12.4. The predicted octanol–water partition coefficient (Wildman–Crippen LogP) is 3.61. The topological polar surface area (TPSA) is 48.1 Å². The van der Waals surface area contributed by atoms with Crippen molar-refractivity contribution in [1.82, 2.24) is 4.98 Å². The lowest BCUT2D eigenvalue weighted by atomic mass is 9.98. The summed E-state index contributed by atoms with van der Waals surface area (Å²) in [5.41, 5.74) is 8.89. The number of pyridine rings is 1. The van der Waals surface area contributed by atoms with E-state index in [1.165, 1.54) is 0 Å². The molecule has 0 aliphatic rings. The Labute approximate surface area is 106 Å². The van der Waals surface area contributed by atoms with Crippen LogP contribution < -0.4 is 5.73 Å². The summed E-state index contributed by atoms with van der Waals surface area (Å²) in [6.45, 7) is 4.38. The average Bonchev–Trinajstić information content (AvgIpc) is 2.74. The van der Waals surface area contributed by atoms with Gasteiger partial charge in [-0.25, -0.2) is 0 Å². The number of methoxy groups -OCH3 is 1. The number of hydrogen-bond donors (Lipinski definition) is 1. The summed E-state index contributed by atoms with van der Waals surface area (Å²) in [6, 6.07) is 2.02. The van der Waals surface area contributed by atoms with Crippen molar-refractivity contribution >= 4 is 27.2 Å². The van der Waals surface area contributed by atoms with Crippen LogP contribution in [0.5, 0.6) is 0 Å². The van der Waals surface area contributed by atoms with Gasteiger partial charge in [-0.3, -0.25) is 4.98 Å². The van der Waals surface area contributed by atoms with Crippen molar-refractivity contribution < 1.29 is 4.74 Å². The summed E-state index contributed by atoms with van der Waals surface area (Å²) in [7, 11) is 1.74. The van der Waals surface area contributed by atoms with Gasteiger partial charge in [0.2, 0.25) is 0 Å². The summed E-state index contributed by atoms with van der Waals surface area (Å²) in [6.07, 6.45) is 2.76. The first-order valence-corrected chi connectivity index (χ1v) is 6.65. The van der Waals surface area contributed by atoms with E-state index in [2.05, 4.69) is 18.8 Å². The highest BCUT2D eigenvalue weighted by Gasteiger charge is 2.19. The number of rotatable bonds is 4. The number of nitrogens with two attached hydrogens (primary N) is 1. The van der Waals surface area contributed by atoms with Gasteiger partial charge in [-0.2, -0.15) is 0 Å². The third kappa shape index (κ3) is 2.42. The van der Waals surface area contributed by atoms with Gasteiger partial charge in [0.15, 0.2) is 0 Å². The minimum Gasteiger partial charge on any atom is -0.397 e. The molecule has 2 rings (SSSR count). The van der Waals surface area contributed by atoms with Crippen LogP contribution in [0.2, 0.25) is 0 Å². The molecule has 2 N–H and O–H groups in total. The maximum Gasteiger partial charge on any atom is 0.0858 e. The molecule has 0 radical (unpaired) electrons. The summed E-state index contributed by atoms with van der Waals surface area (Å²) >= 11 is 1.68. The molecular weight excluding hydrogens is 232 g/mol. The van der Waals surface area contributed by atoms with E-state index in [0.717, 1.165) is 27.9 Å². The molecule has 2 heterocycles. The van der Waals surface area contributed by atoms with E-state index in [1.807, 2.05) is 11.4 Å². The zero-order valence-electron chi connectivity index (χ0n) is 10.4. The van der Waals surface area contributed by atoms with Crippen LogP contribution in [0.1, 0.15) is 31.9 Å². The second-order valence-electron chi connectivity index (χ2n) is 4.62. The van der Waals surface area contributed by atoms with E-state index in [-0.39, 0.29) is 6.10 Å². The molecule has 2 aromatic heterocycles. The number of nitrogen functional groups attached to an aromatic ring is 1. The molecule has 92 valence electrons. The van der Waals surface area contributed by atoms with Crippen molar-refractivity contribution in [2.45, 2.75) is 26.4 Å². The van der Waals surface area contributed by atoms with Crippen LogP contribution in [0.4, 0.5) is 5.69 Å². The molecular formula is C13H18N2OS. The lowest BCUT2D eigenvalue weighted by molar-refractivity contribution is 0.0863. The van der Waals surface area contributed by atoms with Crippen LogP contribution in [0.15, 0.2) is 17.6 Å². The Morgan fingerprint density at radius 3 is 2.88 bits per heavy atom. The van der Waals surface area contributed by atoms with Gasteiger partial charge in [0.05, 0.1) is 28.2 Å². The van der Waals surface area contributed by atoms with E-state index >= 15 is 0 Å². The fourth-order valence-electron chi connectivity index (χ4n) is 2.04. The molecule has 1 atom stereocenters. The summed E-state index contributed by atoms with van der Waals surface area (Å²) in [5.74, 6) is 0.572. The summed E-state index contributed by atoms with van der Waals surface area (Å²) in [4.78, 5) is 4.33. The first-order chi connectivity index (χ1) is 8.13. The Morgan fingerprint density at radius 1 is 1.47 bits per heavy atom. The summed E-state index contributed by atoms with van der Waals surface area (Å²) in [5, 5.41) is 2.04. The van der Waals surface area contributed by atoms with Crippen molar-refractivity contribution in [3.63, 3.8) is 0 Å². The van der Waals surface area contributed by atoms with Crippen molar-refractivity contribution in [3.8, 4) is 0 Å². The molecule has 0 spiro atoms. The van der Waals surface area contributed by atoms with E-state index < -0.39 is 0 Å². The highest BCUT2D eigenvalue weighted by atomic mass is 32.1. The van der Waals surface area contributed by atoms with Gasteiger partial charge < -0.3 is 10.5 Å². The van der Waals surface area contributed by atoms with Gasteiger partial charge in [0, 0.05) is 12.7 Å². The third-order valence-electron chi connectivity index (χ3n) is 2.83. The van der Waals surface area contributed by atoms with Gasteiger partial charge >= 0.3 is 0 Å². The largest absolute Gasteiger partial charge is 0.397 e. The molecule has 0 bridgehead atoms. The van der Waals surface area contributed by atoms with Crippen LogP contribution in [0, 0.1) is 5.92 Å². The molecule has 0 aromatic carbocycles. The number of anilines is 1. The number of aromatic nitrogens is 1. The van der Waals surface area contributed by atoms with E-state index in [1.54, 1.807) is 24.6 Å². The van der Waals surface area contributed by atoms with Crippen molar-refractivity contribution in [1.29, 1.82) is 0 Å². The fraction of sp³-hybridized carbons (Fsp3) is 0.462. The van der Waals surface area contributed by atoms with E-state index in [4.69, 9.17) is 10.5 Å². The van der Waals surface area contributed by atoms with Crippen molar-refractivity contribution in [2.75, 3.05) is 12.8 Å². The van der Waals surface area contributed by atoms with Crippen LogP contribution in [-0.4, -0.2) is 12.1 Å². The molecule has 2 aromatic rings. The van der Waals surface area contributed by atoms with Crippen LogP contribution in [0.25, 0.3) is 10.2 Å². The molecule has 0 amide bonds. The Morgan fingerprint density at radius 2 is 2.24 bits per heavy atom. The molecule has 0 aliphatic carbocycles. The lowest BCUT2D eigenvalue weighted by Crippen LogP contribution is -2.08. The fourth-order valence-corrected chi connectivity index (χ4v) is 2.99. The number of hydrogen-bond acceptors (Lipinski definition) is 4. The van der Waals surface area contributed by atoms with E-state index in [9.17, 15) is 0 Å². The van der Waals surface area contributed by atoms with Gasteiger partial charge in [-0.15, -0.1) is 11.3 Å².